The molecule has 6 nitrogen and oxygen atoms in total. The normalized spacial score (nSPS) is 14.3. The SMILES string of the molecule is Cc1ccc(NC(=O)COc2ccc(Br)cc2/C=C2\SC(=O)N(Cc3cccc4ccccc34)C2=O)cc1Cl. The van der Waals surface area contributed by atoms with Gasteiger partial charge in [0.15, 0.2) is 6.61 Å². The summed E-state index contributed by atoms with van der Waals surface area (Å²) in [6.07, 6.45) is 1.62. The zero-order valence-corrected chi connectivity index (χ0v) is 23.9. The van der Waals surface area contributed by atoms with E-state index in [2.05, 4.69) is 21.2 Å². The Morgan fingerprint density at radius 1 is 1.05 bits per heavy atom. The zero-order valence-electron chi connectivity index (χ0n) is 20.7. The van der Waals surface area contributed by atoms with Gasteiger partial charge in [-0.3, -0.25) is 19.3 Å². The third-order valence-electron chi connectivity index (χ3n) is 6.15. The maximum absolute atomic E-state index is 13.3. The van der Waals surface area contributed by atoms with Crippen LogP contribution >= 0.6 is 39.3 Å². The first-order chi connectivity index (χ1) is 18.8. The summed E-state index contributed by atoms with van der Waals surface area (Å²) >= 11 is 10.5. The molecule has 1 aliphatic heterocycles. The minimum atomic E-state index is -0.377. The van der Waals surface area contributed by atoms with Gasteiger partial charge in [-0.1, -0.05) is 76.1 Å². The number of amides is 3. The molecule has 5 rings (SSSR count). The van der Waals surface area contributed by atoms with Crippen LogP contribution in [0.2, 0.25) is 5.02 Å². The van der Waals surface area contributed by atoms with E-state index in [9.17, 15) is 14.4 Å². The Morgan fingerprint density at radius 2 is 1.85 bits per heavy atom. The fraction of sp³-hybridized carbons (Fsp3) is 0.100. The highest BCUT2D eigenvalue weighted by Gasteiger charge is 2.35. The standard InChI is InChI=1S/C30H22BrClN2O4S/c1-18-9-11-23(15-25(18)32)33-28(35)17-38-26-12-10-22(31)13-21(26)14-27-29(36)34(30(37)39-27)16-20-7-4-6-19-5-2-3-8-24(19)20/h2-15H,16-17H2,1H3,(H,33,35)/b27-14-. The van der Waals surface area contributed by atoms with E-state index in [0.29, 0.717) is 22.0 Å². The molecule has 0 unspecified atom stereocenters. The minimum absolute atomic E-state index is 0.175. The van der Waals surface area contributed by atoms with Gasteiger partial charge in [0.2, 0.25) is 0 Å². The predicted molar refractivity (Wildman–Crippen MR) is 160 cm³/mol. The second-order valence-corrected chi connectivity index (χ2v) is 11.2. The molecule has 9 heteroatoms. The number of halogens is 2. The van der Waals surface area contributed by atoms with E-state index in [1.165, 1.54) is 4.90 Å². The van der Waals surface area contributed by atoms with Crippen molar-refractivity contribution >= 4 is 78.9 Å². The number of rotatable bonds is 7. The second-order valence-electron chi connectivity index (χ2n) is 8.89. The Labute approximate surface area is 243 Å². The number of imide groups is 1. The highest BCUT2D eigenvalue weighted by atomic mass is 79.9. The highest BCUT2D eigenvalue weighted by molar-refractivity contribution is 9.10. The third-order valence-corrected chi connectivity index (χ3v) is 7.96. The molecule has 39 heavy (non-hydrogen) atoms. The van der Waals surface area contributed by atoms with Gasteiger partial charge in [-0.15, -0.1) is 0 Å². The van der Waals surface area contributed by atoms with Gasteiger partial charge in [-0.2, -0.15) is 0 Å². The van der Waals surface area contributed by atoms with Crippen molar-refractivity contribution in [3.8, 4) is 5.75 Å². The van der Waals surface area contributed by atoms with Crippen LogP contribution < -0.4 is 10.1 Å². The number of fused-ring (bicyclic) bond motifs is 1. The van der Waals surface area contributed by atoms with Crippen molar-refractivity contribution in [2.24, 2.45) is 0 Å². The molecule has 1 heterocycles. The number of hydrogen-bond acceptors (Lipinski definition) is 5. The molecule has 196 valence electrons. The molecular weight excluding hydrogens is 600 g/mol. The fourth-order valence-corrected chi connectivity index (χ4v) is 5.54. The van der Waals surface area contributed by atoms with Gasteiger partial charge in [0.1, 0.15) is 5.75 Å². The Morgan fingerprint density at radius 3 is 2.67 bits per heavy atom. The largest absolute Gasteiger partial charge is 0.483 e. The molecule has 0 aliphatic carbocycles. The van der Waals surface area contributed by atoms with Crippen molar-refractivity contribution < 1.29 is 19.1 Å². The van der Waals surface area contributed by atoms with Gasteiger partial charge in [-0.25, -0.2) is 0 Å². The minimum Gasteiger partial charge on any atom is -0.483 e. The molecule has 1 aliphatic rings. The Balaban J connectivity index is 1.32. The van der Waals surface area contributed by atoms with Gasteiger partial charge in [0.25, 0.3) is 17.1 Å². The smallest absolute Gasteiger partial charge is 0.293 e. The van der Waals surface area contributed by atoms with E-state index < -0.39 is 0 Å². The summed E-state index contributed by atoms with van der Waals surface area (Å²) in [5.41, 5.74) is 2.93. The lowest BCUT2D eigenvalue weighted by molar-refractivity contribution is -0.123. The number of carbonyl (C=O) groups excluding carboxylic acids is 3. The lowest BCUT2D eigenvalue weighted by Crippen LogP contribution is -2.27. The molecule has 3 amide bonds. The molecule has 0 atom stereocenters. The number of nitrogens with one attached hydrogen (secondary N) is 1. The number of anilines is 1. The van der Waals surface area contributed by atoms with Crippen LogP contribution in [-0.2, 0) is 16.1 Å². The van der Waals surface area contributed by atoms with Crippen molar-refractivity contribution in [3.05, 3.63) is 110 Å². The first-order valence-electron chi connectivity index (χ1n) is 12.0. The maximum Gasteiger partial charge on any atom is 0.293 e. The average Bonchev–Trinajstić information content (AvgIpc) is 3.18. The van der Waals surface area contributed by atoms with Crippen molar-refractivity contribution in [2.45, 2.75) is 13.5 Å². The lowest BCUT2D eigenvalue weighted by Gasteiger charge is -2.14. The van der Waals surface area contributed by atoms with Crippen molar-refractivity contribution in [1.29, 1.82) is 0 Å². The average molecular weight is 622 g/mol. The van der Waals surface area contributed by atoms with E-state index in [1.807, 2.05) is 55.5 Å². The number of aryl methyl sites for hydroxylation is 1. The Kier molecular flexibility index (Phi) is 8.07. The zero-order chi connectivity index (χ0) is 27.5. The Bertz CT molecular complexity index is 1650. The number of carbonyl (C=O) groups is 3. The number of nitrogens with zero attached hydrogens (tertiary/aromatic N) is 1. The van der Waals surface area contributed by atoms with Crippen LogP contribution in [0, 0.1) is 6.92 Å². The van der Waals surface area contributed by atoms with Gasteiger partial charge < -0.3 is 10.1 Å². The first kappa shape index (κ1) is 27.0. The second kappa shape index (κ2) is 11.7. The molecule has 1 N–H and O–H groups in total. The summed E-state index contributed by atoms with van der Waals surface area (Å²) in [5, 5.41) is 5.01. The van der Waals surface area contributed by atoms with Crippen LogP contribution in [0.15, 0.2) is 88.2 Å². The highest BCUT2D eigenvalue weighted by Crippen LogP contribution is 2.36. The topological polar surface area (TPSA) is 75.7 Å². The summed E-state index contributed by atoms with van der Waals surface area (Å²) in [6, 6.07) is 24.2. The molecule has 1 fully saturated rings. The maximum atomic E-state index is 13.3. The molecule has 0 spiro atoms. The van der Waals surface area contributed by atoms with Gasteiger partial charge in [-0.05, 0) is 77.0 Å². The molecule has 4 aromatic rings. The van der Waals surface area contributed by atoms with E-state index >= 15 is 0 Å². The van der Waals surface area contributed by atoms with E-state index in [-0.39, 0.29) is 35.1 Å². The van der Waals surface area contributed by atoms with Crippen LogP contribution in [0.4, 0.5) is 10.5 Å². The quantitative estimate of drug-likeness (QED) is 0.213. The van der Waals surface area contributed by atoms with Crippen LogP contribution in [0.25, 0.3) is 16.8 Å². The first-order valence-corrected chi connectivity index (χ1v) is 14.0. The summed E-state index contributed by atoms with van der Waals surface area (Å²) in [5.74, 6) is -0.340. The predicted octanol–water partition coefficient (Wildman–Crippen LogP) is 7.82. The van der Waals surface area contributed by atoms with E-state index in [1.54, 1.807) is 36.4 Å². The van der Waals surface area contributed by atoms with Gasteiger partial charge in [0.05, 0.1) is 11.4 Å². The summed E-state index contributed by atoms with van der Waals surface area (Å²) < 4.78 is 6.55. The fourth-order valence-electron chi connectivity index (χ4n) is 4.15. The van der Waals surface area contributed by atoms with Crippen LogP contribution in [0.1, 0.15) is 16.7 Å². The molecule has 1 saturated heterocycles. The number of thioether (sulfide) groups is 1. The molecular formula is C30H22BrClN2O4S. The molecule has 0 aromatic heterocycles. The number of benzene rings is 4. The van der Waals surface area contributed by atoms with Crippen molar-refractivity contribution in [2.75, 3.05) is 11.9 Å². The van der Waals surface area contributed by atoms with Crippen LogP contribution in [-0.4, -0.2) is 28.6 Å². The van der Waals surface area contributed by atoms with Crippen LogP contribution in [0.3, 0.4) is 0 Å². The van der Waals surface area contributed by atoms with Gasteiger partial charge >= 0.3 is 0 Å². The summed E-state index contributed by atoms with van der Waals surface area (Å²) in [7, 11) is 0. The third kappa shape index (κ3) is 6.19. The molecule has 0 radical (unpaired) electrons. The lowest BCUT2D eigenvalue weighted by atomic mass is 10.0. The van der Waals surface area contributed by atoms with Crippen molar-refractivity contribution in [3.63, 3.8) is 0 Å². The molecule has 0 saturated carbocycles. The van der Waals surface area contributed by atoms with E-state index in [0.717, 1.165) is 38.1 Å². The van der Waals surface area contributed by atoms with Crippen molar-refractivity contribution in [1.82, 2.24) is 4.90 Å². The summed E-state index contributed by atoms with van der Waals surface area (Å²) in [6.45, 7) is 1.80. The number of ether oxygens (including phenoxy) is 1. The van der Waals surface area contributed by atoms with Crippen LogP contribution in [0.5, 0.6) is 5.75 Å². The van der Waals surface area contributed by atoms with E-state index in [4.69, 9.17) is 16.3 Å². The number of hydrogen-bond donors (Lipinski definition) is 1. The Hall–Kier alpha value is -3.59. The molecule has 4 aromatic carbocycles. The monoisotopic (exact) mass is 620 g/mol. The van der Waals surface area contributed by atoms with Gasteiger partial charge in [0, 0.05) is 20.7 Å². The summed E-state index contributed by atoms with van der Waals surface area (Å²) in [4.78, 5) is 40.1. The molecule has 0 bridgehead atoms.